The molecule has 0 aromatic heterocycles. The van der Waals surface area contributed by atoms with Gasteiger partial charge in [0.2, 0.25) is 0 Å². The van der Waals surface area contributed by atoms with Crippen molar-refractivity contribution in [2.75, 3.05) is 26.4 Å². The van der Waals surface area contributed by atoms with Crippen molar-refractivity contribution in [3.63, 3.8) is 0 Å². The molecule has 0 saturated carbocycles. The smallest absolute Gasteiger partial charge is 0.311 e. The number of hydrogen-bond acceptors (Lipinski definition) is 6. The summed E-state index contributed by atoms with van der Waals surface area (Å²) < 4.78 is 20.6. The van der Waals surface area contributed by atoms with Crippen molar-refractivity contribution in [2.45, 2.75) is 38.9 Å². The Bertz CT molecular complexity index is 282. The Morgan fingerprint density at radius 3 is 2.17 bits per heavy atom. The number of rotatable bonds is 7. The molecular formula is C12H20O6. The molecule has 0 aromatic carbocycles. The Morgan fingerprint density at radius 2 is 1.61 bits per heavy atom. The van der Waals surface area contributed by atoms with Crippen molar-refractivity contribution in [3.05, 3.63) is 0 Å². The first-order valence-electron chi connectivity index (χ1n) is 6.21. The van der Waals surface area contributed by atoms with E-state index in [9.17, 15) is 9.59 Å². The molecule has 0 aliphatic carbocycles. The second-order valence-corrected chi connectivity index (χ2v) is 3.89. The van der Waals surface area contributed by atoms with Crippen molar-refractivity contribution < 1.29 is 28.5 Å². The molecule has 6 nitrogen and oxygen atoms in total. The van der Waals surface area contributed by atoms with Crippen LogP contribution in [0.5, 0.6) is 0 Å². The van der Waals surface area contributed by atoms with Gasteiger partial charge in [-0.15, -0.1) is 0 Å². The number of ether oxygens (including phenoxy) is 4. The molecule has 0 aromatic rings. The Morgan fingerprint density at radius 1 is 1.06 bits per heavy atom. The van der Waals surface area contributed by atoms with Crippen LogP contribution in [0.4, 0.5) is 0 Å². The van der Waals surface area contributed by atoms with Crippen LogP contribution >= 0.6 is 0 Å². The van der Waals surface area contributed by atoms with Gasteiger partial charge in [-0.25, -0.2) is 0 Å². The molecule has 18 heavy (non-hydrogen) atoms. The van der Waals surface area contributed by atoms with Crippen LogP contribution in [0, 0.1) is 0 Å². The first-order chi connectivity index (χ1) is 8.62. The Balaban J connectivity index is 2.47. The van der Waals surface area contributed by atoms with Crippen LogP contribution in [0.25, 0.3) is 0 Å². The summed E-state index contributed by atoms with van der Waals surface area (Å²) in [5.41, 5.74) is 0. The molecule has 1 fully saturated rings. The number of carbonyl (C=O) groups excluding carboxylic acids is 2. The highest BCUT2D eigenvalue weighted by Crippen LogP contribution is 2.29. The molecule has 0 radical (unpaired) electrons. The van der Waals surface area contributed by atoms with Crippen molar-refractivity contribution in [2.24, 2.45) is 0 Å². The van der Waals surface area contributed by atoms with Crippen LogP contribution in [0.3, 0.4) is 0 Å². The van der Waals surface area contributed by atoms with Crippen LogP contribution < -0.4 is 0 Å². The highest BCUT2D eigenvalue weighted by Gasteiger charge is 2.39. The minimum absolute atomic E-state index is 0.000243. The van der Waals surface area contributed by atoms with Crippen molar-refractivity contribution >= 4 is 11.9 Å². The Hall–Kier alpha value is -1.14. The molecular weight excluding hydrogens is 240 g/mol. The molecule has 0 N–H and O–H groups in total. The average Bonchev–Trinajstić information content (AvgIpc) is 2.76. The zero-order valence-electron chi connectivity index (χ0n) is 10.9. The fourth-order valence-electron chi connectivity index (χ4n) is 1.79. The number of carbonyl (C=O) groups is 2. The monoisotopic (exact) mass is 260 g/mol. The summed E-state index contributed by atoms with van der Waals surface area (Å²) in [4.78, 5) is 22.8. The maximum Gasteiger partial charge on any atom is 0.311 e. The second-order valence-electron chi connectivity index (χ2n) is 3.89. The summed E-state index contributed by atoms with van der Waals surface area (Å²) in [5.74, 6) is -1.73. The van der Waals surface area contributed by atoms with Gasteiger partial charge in [-0.2, -0.15) is 0 Å². The predicted molar refractivity (Wildman–Crippen MR) is 61.8 cm³/mol. The molecule has 0 spiro atoms. The minimum atomic E-state index is -1.03. The molecule has 1 saturated heterocycles. The van der Waals surface area contributed by atoms with E-state index in [4.69, 9.17) is 18.9 Å². The summed E-state index contributed by atoms with van der Waals surface area (Å²) in [6.07, 6.45) is 0.456. The molecule has 104 valence electrons. The predicted octanol–water partition coefficient (Wildman–Crippen LogP) is 1.03. The number of hydrogen-bond donors (Lipinski definition) is 0. The van der Waals surface area contributed by atoms with Crippen molar-refractivity contribution in [1.82, 2.24) is 0 Å². The Kier molecular flexibility index (Phi) is 6.07. The van der Waals surface area contributed by atoms with Crippen LogP contribution in [0.15, 0.2) is 0 Å². The molecule has 1 rings (SSSR count). The average molecular weight is 260 g/mol. The zero-order valence-corrected chi connectivity index (χ0v) is 10.9. The van der Waals surface area contributed by atoms with E-state index < -0.39 is 5.79 Å². The molecule has 0 atom stereocenters. The first-order valence-corrected chi connectivity index (χ1v) is 6.21. The van der Waals surface area contributed by atoms with Gasteiger partial charge in [0.25, 0.3) is 0 Å². The van der Waals surface area contributed by atoms with Crippen molar-refractivity contribution in [3.8, 4) is 0 Å². The molecule has 1 aliphatic rings. The lowest BCUT2D eigenvalue weighted by atomic mass is 10.1. The van der Waals surface area contributed by atoms with Gasteiger partial charge in [-0.05, 0) is 13.8 Å². The molecule has 6 heteroatoms. The molecule has 0 amide bonds. The van der Waals surface area contributed by atoms with E-state index in [1.807, 2.05) is 0 Å². The van der Waals surface area contributed by atoms with Gasteiger partial charge < -0.3 is 18.9 Å². The van der Waals surface area contributed by atoms with E-state index in [1.54, 1.807) is 13.8 Å². The van der Waals surface area contributed by atoms with Crippen molar-refractivity contribution in [1.29, 1.82) is 0 Å². The lowest BCUT2D eigenvalue weighted by molar-refractivity contribution is -0.188. The van der Waals surface area contributed by atoms with Gasteiger partial charge in [0.1, 0.15) is 0 Å². The SMILES string of the molecule is CCOC(=O)CCC1(CC(=O)OCC)OCCO1. The third kappa shape index (κ3) is 4.62. The van der Waals surface area contributed by atoms with Crippen LogP contribution in [0.2, 0.25) is 0 Å². The van der Waals surface area contributed by atoms with Gasteiger partial charge >= 0.3 is 11.9 Å². The normalized spacial score (nSPS) is 17.4. The maximum atomic E-state index is 11.5. The fourth-order valence-corrected chi connectivity index (χ4v) is 1.79. The zero-order chi connectivity index (χ0) is 13.4. The lowest BCUT2D eigenvalue weighted by Gasteiger charge is -2.25. The third-order valence-corrected chi connectivity index (χ3v) is 2.55. The lowest BCUT2D eigenvalue weighted by Crippen LogP contribution is -2.34. The van der Waals surface area contributed by atoms with E-state index in [2.05, 4.69) is 0 Å². The maximum absolute atomic E-state index is 11.5. The van der Waals surface area contributed by atoms with E-state index in [0.29, 0.717) is 32.8 Å². The largest absolute Gasteiger partial charge is 0.466 e. The van der Waals surface area contributed by atoms with Gasteiger partial charge in [-0.3, -0.25) is 9.59 Å². The van der Waals surface area contributed by atoms with Gasteiger partial charge in [0.15, 0.2) is 5.79 Å². The highest BCUT2D eigenvalue weighted by atomic mass is 16.7. The highest BCUT2D eigenvalue weighted by molar-refractivity contribution is 5.71. The topological polar surface area (TPSA) is 71.1 Å². The summed E-state index contributed by atoms with van der Waals surface area (Å²) in [7, 11) is 0. The standard InChI is InChI=1S/C12H20O6/c1-3-15-10(13)5-6-12(17-7-8-18-12)9-11(14)16-4-2/h3-9H2,1-2H3. The summed E-state index contributed by atoms with van der Waals surface area (Å²) >= 11 is 0. The molecule has 1 heterocycles. The second kappa shape index (κ2) is 7.33. The number of esters is 2. The third-order valence-electron chi connectivity index (χ3n) is 2.55. The first kappa shape index (κ1) is 14.9. The van der Waals surface area contributed by atoms with Crippen LogP contribution in [-0.4, -0.2) is 44.2 Å². The van der Waals surface area contributed by atoms with Gasteiger partial charge in [0, 0.05) is 6.42 Å². The summed E-state index contributed by atoms with van der Waals surface area (Å²) in [5, 5.41) is 0. The molecule has 1 aliphatic heterocycles. The quantitative estimate of drug-likeness (QED) is 0.637. The van der Waals surface area contributed by atoms with E-state index in [1.165, 1.54) is 0 Å². The summed E-state index contributed by atoms with van der Waals surface area (Å²) in [6, 6.07) is 0. The van der Waals surface area contributed by atoms with E-state index >= 15 is 0 Å². The summed E-state index contributed by atoms with van der Waals surface area (Å²) in [6.45, 7) is 4.97. The van der Waals surface area contributed by atoms with Crippen LogP contribution in [0.1, 0.15) is 33.1 Å². The Labute approximate surface area is 107 Å². The molecule has 0 unspecified atom stereocenters. The van der Waals surface area contributed by atoms with Crippen LogP contribution in [-0.2, 0) is 28.5 Å². The fraction of sp³-hybridized carbons (Fsp3) is 0.833. The van der Waals surface area contributed by atoms with E-state index in [-0.39, 0.29) is 24.8 Å². The van der Waals surface area contributed by atoms with E-state index in [0.717, 1.165) is 0 Å². The minimum Gasteiger partial charge on any atom is -0.466 e. The van der Waals surface area contributed by atoms with Gasteiger partial charge in [0.05, 0.1) is 39.3 Å². The van der Waals surface area contributed by atoms with Gasteiger partial charge in [-0.1, -0.05) is 0 Å². The molecule has 0 bridgehead atoms.